The zero-order valence-corrected chi connectivity index (χ0v) is 25.1. The van der Waals surface area contributed by atoms with Crippen molar-refractivity contribution in [3.05, 3.63) is 0 Å². The van der Waals surface area contributed by atoms with Gasteiger partial charge in [-0.2, -0.15) is 5.10 Å². The smallest absolute Gasteiger partial charge is 0.334 e. The summed E-state index contributed by atoms with van der Waals surface area (Å²) in [6.45, 7) is 2.36. The third kappa shape index (κ3) is 6.64. The standard InChI is InChI=1S/C25H37ClN8O10/c1-11-4-5-14-20(39)30-25(3,10-35)24(43)44-9-17(37)34-18(19(38)16(36)8-28-34)21(40)29-12(2)22(41)32-15(6-13(26)7-27-32)23(42)33(14)31-11/h8,11-16,18-19,27,31,35-36,38H,4-7,9-10H2,1-3H3,(H,29,40)(H,30,39). The first kappa shape index (κ1) is 33.5. The number of nitrogens with one attached hydrogen (secondary N) is 4. The molecule has 0 aromatic rings. The maximum absolute atomic E-state index is 14.0. The van der Waals surface area contributed by atoms with Crippen molar-refractivity contribution < 1.29 is 48.8 Å². The minimum Gasteiger partial charge on any atom is -0.454 e. The van der Waals surface area contributed by atoms with Crippen molar-refractivity contribution in [2.24, 2.45) is 5.10 Å². The Kier molecular flexibility index (Phi) is 10.1. The van der Waals surface area contributed by atoms with Crippen molar-refractivity contribution >= 4 is 53.3 Å². The Balaban J connectivity index is 1.75. The lowest BCUT2D eigenvalue weighted by atomic mass is 9.98. The number of hydrogen-bond acceptors (Lipinski definition) is 13. The number of rotatable bonds is 1. The highest BCUT2D eigenvalue weighted by Gasteiger charge is 2.48. The summed E-state index contributed by atoms with van der Waals surface area (Å²) in [5, 5.41) is 41.2. The molecule has 5 amide bonds. The molecule has 3 fully saturated rings. The van der Waals surface area contributed by atoms with E-state index in [2.05, 4.69) is 26.6 Å². The van der Waals surface area contributed by atoms with Crippen LogP contribution in [0.2, 0.25) is 0 Å². The van der Waals surface area contributed by atoms with E-state index in [0.717, 1.165) is 23.2 Å². The molecule has 9 atom stereocenters. The number of amides is 5. The van der Waals surface area contributed by atoms with Gasteiger partial charge in [-0.25, -0.2) is 20.7 Å². The van der Waals surface area contributed by atoms with Crippen molar-refractivity contribution in [2.45, 2.75) is 93.4 Å². The van der Waals surface area contributed by atoms with Crippen LogP contribution in [0.1, 0.15) is 40.0 Å². The molecule has 4 aliphatic rings. The number of carbonyl (C=O) groups is 6. The molecule has 244 valence electrons. The van der Waals surface area contributed by atoms with Crippen LogP contribution in [-0.2, 0) is 33.5 Å². The molecule has 4 heterocycles. The summed E-state index contributed by atoms with van der Waals surface area (Å²) in [6, 6.07) is -5.87. The summed E-state index contributed by atoms with van der Waals surface area (Å²) in [6.07, 6.45) is -2.14. The number of alkyl halides is 1. The van der Waals surface area contributed by atoms with E-state index >= 15 is 0 Å². The number of fused-ring (bicyclic) bond motifs is 3. The molecule has 4 aliphatic heterocycles. The summed E-state index contributed by atoms with van der Waals surface area (Å²) < 4.78 is 5.06. The molecule has 19 heteroatoms. The molecule has 9 unspecified atom stereocenters. The molecule has 0 radical (unpaired) electrons. The lowest BCUT2D eigenvalue weighted by Crippen LogP contribution is -2.70. The SMILES string of the molecule is CC1CCC2C(=O)NC(C)(CO)C(=O)OCC(=O)N3N=CC(O)C(O)C3C(=O)NC(C)C(=O)N3NCC(Cl)CC3C(=O)N2N1. The number of cyclic esters (lactones) is 1. The Morgan fingerprint density at radius 2 is 1.75 bits per heavy atom. The first-order valence-electron chi connectivity index (χ1n) is 14.1. The summed E-state index contributed by atoms with van der Waals surface area (Å²) in [5.74, 6) is -5.69. The maximum Gasteiger partial charge on any atom is 0.334 e. The number of aliphatic hydroxyl groups is 3. The minimum atomic E-state index is -2.07. The number of ether oxygens (including phenoxy) is 1. The number of halogens is 1. The fraction of sp³-hybridized carbons (Fsp3) is 0.720. The largest absolute Gasteiger partial charge is 0.454 e. The molecule has 7 N–H and O–H groups in total. The monoisotopic (exact) mass is 644 g/mol. The number of aliphatic hydroxyl groups excluding tert-OH is 3. The van der Waals surface area contributed by atoms with Crippen molar-refractivity contribution in [1.29, 1.82) is 0 Å². The van der Waals surface area contributed by atoms with Gasteiger partial charge in [0, 0.05) is 12.6 Å². The molecule has 0 aliphatic carbocycles. The second-order valence-corrected chi connectivity index (χ2v) is 12.1. The van der Waals surface area contributed by atoms with E-state index in [1.54, 1.807) is 6.92 Å². The zero-order chi connectivity index (χ0) is 32.5. The summed E-state index contributed by atoms with van der Waals surface area (Å²) in [5.41, 5.74) is 3.68. The first-order chi connectivity index (χ1) is 20.7. The van der Waals surface area contributed by atoms with Crippen LogP contribution in [0.15, 0.2) is 5.10 Å². The van der Waals surface area contributed by atoms with Crippen LogP contribution in [0.4, 0.5) is 0 Å². The third-order valence-corrected chi connectivity index (χ3v) is 8.24. The second-order valence-electron chi connectivity index (χ2n) is 11.5. The number of nitrogens with zero attached hydrogens (tertiary/aromatic N) is 4. The van der Waals surface area contributed by atoms with Gasteiger partial charge in [-0.05, 0) is 40.0 Å². The van der Waals surface area contributed by atoms with E-state index in [-0.39, 0.29) is 25.4 Å². The highest BCUT2D eigenvalue weighted by atomic mass is 35.5. The lowest BCUT2D eigenvalue weighted by molar-refractivity contribution is -0.166. The van der Waals surface area contributed by atoms with Crippen LogP contribution in [0, 0.1) is 0 Å². The predicted octanol–water partition coefficient (Wildman–Crippen LogP) is -4.57. The molecule has 4 rings (SSSR count). The molecule has 44 heavy (non-hydrogen) atoms. The maximum atomic E-state index is 14.0. The van der Waals surface area contributed by atoms with Crippen LogP contribution in [-0.4, -0.2) is 145 Å². The molecule has 0 aromatic heterocycles. The average Bonchev–Trinajstić information content (AvgIpc) is 2.99. The summed E-state index contributed by atoms with van der Waals surface area (Å²) >= 11 is 6.36. The van der Waals surface area contributed by atoms with Crippen molar-refractivity contribution in [1.82, 2.24) is 36.5 Å². The van der Waals surface area contributed by atoms with Gasteiger partial charge >= 0.3 is 5.97 Å². The van der Waals surface area contributed by atoms with Gasteiger partial charge in [-0.3, -0.25) is 34.0 Å². The Hall–Kier alpha value is -3.42. The molecule has 0 bridgehead atoms. The molecule has 3 saturated heterocycles. The topological polar surface area (TPSA) is 243 Å². The molecule has 0 spiro atoms. The van der Waals surface area contributed by atoms with Gasteiger partial charge < -0.3 is 30.7 Å². The Bertz CT molecular complexity index is 1220. The highest BCUT2D eigenvalue weighted by Crippen LogP contribution is 2.24. The fourth-order valence-corrected chi connectivity index (χ4v) is 5.52. The molecular formula is C25H37ClN8O10. The van der Waals surface area contributed by atoms with E-state index in [1.807, 2.05) is 0 Å². The van der Waals surface area contributed by atoms with Crippen LogP contribution >= 0.6 is 11.6 Å². The van der Waals surface area contributed by atoms with Crippen molar-refractivity contribution in [3.63, 3.8) is 0 Å². The number of esters is 1. The van der Waals surface area contributed by atoms with Gasteiger partial charge in [0.15, 0.2) is 18.2 Å². The number of hydrogen-bond donors (Lipinski definition) is 7. The Morgan fingerprint density at radius 1 is 1.05 bits per heavy atom. The summed E-state index contributed by atoms with van der Waals surface area (Å²) in [7, 11) is 0. The number of hydrazone groups is 1. The molecule has 0 saturated carbocycles. The normalized spacial score (nSPS) is 38.0. The van der Waals surface area contributed by atoms with Gasteiger partial charge in [0.1, 0.15) is 30.3 Å². The van der Waals surface area contributed by atoms with E-state index in [4.69, 9.17) is 16.3 Å². The summed E-state index contributed by atoms with van der Waals surface area (Å²) in [4.78, 5) is 80.5. The van der Waals surface area contributed by atoms with Crippen LogP contribution in [0.25, 0.3) is 0 Å². The van der Waals surface area contributed by atoms with Crippen LogP contribution < -0.4 is 21.5 Å². The zero-order valence-electron chi connectivity index (χ0n) is 24.3. The fourth-order valence-electron chi connectivity index (χ4n) is 5.29. The quantitative estimate of drug-likeness (QED) is 0.105. The van der Waals surface area contributed by atoms with Gasteiger partial charge in [-0.15, -0.1) is 11.6 Å². The molecule has 0 aromatic carbocycles. The molecular weight excluding hydrogens is 608 g/mol. The number of carbonyl (C=O) groups excluding carboxylic acids is 6. The van der Waals surface area contributed by atoms with Gasteiger partial charge in [0.05, 0.1) is 18.2 Å². The van der Waals surface area contributed by atoms with E-state index in [0.29, 0.717) is 11.4 Å². The highest BCUT2D eigenvalue weighted by molar-refractivity contribution is 6.21. The Labute approximate surface area is 257 Å². The van der Waals surface area contributed by atoms with Crippen molar-refractivity contribution in [3.8, 4) is 0 Å². The average molecular weight is 645 g/mol. The molecule has 18 nitrogen and oxygen atoms in total. The van der Waals surface area contributed by atoms with Crippen LogP contribution in [0.3, 0.4) is 0 Å². The van der Waals surface area contributed by atoms with Gasteiger partial charge in [0.2, 0.25) is 11.8 Å². The third-order valence-electron chi connectivity index (χ3n) is 7.91. The van der Waals surface area contributed by atoms with Gasteiger partial charge in [-0.1, -0.05) is 0 Å². The Morgan fingerprint density at radius 3 is 2.43 bits per heavy atom. The van der Waals surface area contributed by atoms with Crippen molar-refractivity contribution in [2.75, 3.05) is 19.8 Å². The predicted molar refractivity (Wildman–Crippen MR) is 149 cm³/mol. The number of hydrazine groups is 2. The minimum absolute atomic E-state index is 0.0219. The lowest BCUT2D eigenvalue weighted by Gasteiger charge is -2.45. The first-order valence-corrected chi connectivity index (χ1v) is 14.5. The second kappa shape index (κ2) is 13.3. The van der Waals surface area contributed by atoms with E-state index in [9.17, 15) is 44.1 Å². The van der Waals surface area contributed by atoms with E-state index in [1.165, 1.54) is 6.92 Å². The van der Waals surface area contributed by atoms with Crippen LogP contribution in [0.5, 0.6) is 0 Å². The van der Waals surface area contributed by atoms with Gasteiger partial charge in [0.25, 0.3) is 17.7 Å². The van der Waals surface area contributed by atoms with E-state index < -0.39 is 96.0 Å².